The molecular weight excluding hydrogens is 388 g/mol. The first kappa shape index (κ1) is 21.2. The lowest BCUT2D eigenvalue weighted by molar-refractivity contribution is 0.103. The van der Waals surface area contributed by atoms with Crippen LogP contribution in [0.2, 0.25) is 5.02 Å². The first-order valence-corrected chi connectivity index (χ1v) is 10.6. The van der Waals surface area contributed by atoms with Gasteiger partial charge in [-0.15, -0.1) is 0 Å². The number of carbonyl (C=O) groups excluding carboxylic acids is 1. The molecule has 0 saturated heterocycles. The van der Waals surface area contributed by atoms with Crippen LogP contribution < -0.4 is 4.74 Å². The van der Waals surface area contributed by atoms with Gasteiger partial charge in [0.1, 0.15) is 12.2 Å². The molecule has 0 aliphatic rings. The summed E-state index contributed by atoms with van der Waals surface area (Å²) >= 11 is 6.41. The van der Waals surface area contributed by atoms with Crippen molar-refractivity contribution in [2.45, 2.75) is 39.1 Å². The summed E-state index contributed by atoms with van der Waals surface area (Å²) in [6.45, 7) is 11.1. The molecule has 2 rings (SSSR count). The third kappa shape index (κ3) is 3.94. The largest absolute Gasteiger partial charge is 0.473 e. The van der Waals surface area contributed by atoms with Crippen LogP contribution >= 0.6 is 11.6 Å². The molecule has 2 aromatic rings. The van der Waals surface area contributed by atoms with Gasteiger partial charge in [-0.1, -0.05) is 31.2 Å². The lowest BCUT2D eigenvalue weighted by Crippen LogP contribution is -2.12. The summed E-state index contributed by atoms with van der Waals surface area (Å²) in [4.78, 5) is 13.3. The topological polar surface area (TPSA) is 78.3 Å². The van der Waals surface area contributed by atoms with Gasteiger partial charge in [-0.2, -0.15) is 5.10 Å². The van der Waals surface area contributed by atoms with Crippen LogP contribution in [0.4, 0.5) is 0 Å². The number of benzene rings is 1. The van der Waals surface area contributed by atoms with E-state index in [2.05, 4.69) is 11.7 Å². The smallest absolute Gasteiger partial charge is 0.223 e. The van der Waals surface area contributed by atoms with Crippen molar-refractivity contribution < 1.29 is 17.9 Å². The summed E-state index contributed by atoms with van der Waals surface area (Å²) in [5.74, 6) is -0.0781. The molecule has 0 aliphatic carbocycles. The standard InChI is InChI=1S/C19H23ClN2O4S/c1-6-9-26-19-15(11-21-22(19)7-2)17(23)14-10-12(4)18(13(5)16(14)20)27(24,25)8-3/h6,10-11H,1,7-9H2,2-5H3. The molecule has 6 nitrogen and oxygen atoms in total. The van der Waals surface area contributed by atoms with Crippen molar-refractivity contribution in [2.24, 2.45) is 0 Å². The Morgan fingerprint density at radius 3 is 2.56 bits per heavy atom. The van der Waals surface area contributed by atoms with Gasteiger partial charge < -0.3 is 4.74 Å². The van der Waals surface area contributed by atoms with E-state index in [1.165, 1.54) is 12.3 Å². The maximum Gasteiger partial charge on any atom is 0.223 e. The molecule has 0 unspecified atom stereocenters. The van der Waals surface area contributed by atoms with Crippen molar-refractivity contribution >= 4 is 27.2 Å². The molecule has 0 aliphatic heterocycles. The average Bonchev–Trinajstić information content (AvgIpc) is 3.05. The number of nitrogens with zero attached hydrogens (tertiary/aromatic N) is 2. The van der Waals surface area contributed by atoms with E-state index in [0.29, 0.717) is 23.6 Å². The fraction of sp³-hybridized carbons (Fsp3) is 0.368. The zero-order chi connectivity index (χ0) is 20.4. The fourth-order valence-electron chi connectivity index (χ4n) is 2.92. The summed E-state index contributed by atoms with van der Waals surface area (Å²) in [5, 5.41) is 4.30. The van der Waals surface area contributed by atoms with E-state index in [4.69, 9.17) is 16.3 Å². The van der Waals surface area contributed by atoms with E-state index in [-0.39, 0.29) is 39.2 Å². The summed E-state index contributed by atoms with van der Waals surface area (Å²) in [6, 6.07) is 1.51. The van der Waals surface area contributed by atoms with E-state index in [9.17, 15) is 13.2 Å². The van der Waals surface area contributed by atoms with Gasteiger partial charge >= 0.3 is 0 Å². The maximum absolute atomic E-state index is 13.1. The highest BCUT2D eigenvalue weighted by atomic mass is 35.5. The van der Waals surface area contributed by atoms with Gasteiger partial charge in [0.05, 0.1) is 21.9 Å². The molecule has 8 heteroatoms. The van der Waals surface area contributed by atoms with Crippen molar-refractivity contribution in [3.63, 3.8) is 0 Å². The van der Waals surface area contributed by atoms with E-state index in [0.717, 1.165) is 0 Å². The van der Waals surface area contributed by atoms with Gasteiger partial charge in [0.25, 0.3) is 0 Å². The number of hydrogen-bond acceptors (Lipinski definition) is 5. The van der Waals surface area contributed by atoms with Crippen LogP contribution in [0.1, 0.15) is 40.9 Å². The van der Waals surface area contributed by atoms with Crippen molar-refractivity contribution in [3.8, 4) is 5.88 Å². The predicted molar refractivity (Wildman–Crippen MR) is 106 cm³/mol. The zero-order valence-electron chi connectivity index (χ0n) is 15.9. The highest BCUT2D eigenvalue weighted by molar-refractivity contribution is 7.91. The van der Waals surface area contributed by atoms with Crippen LogP contribution in [0.5, 0.6) is 5.88 Å². The van der Waals surface area contributed by atoms with Gasteiger partial charge in [-0.3, -0.25) is 4.79 Å². The van der Waals surface area contributed by atoms with Gasteiger partial charge in [0.15, 0.2) is 9.84 Å². The van der Waals surface area contributed by atoms with Gasteiger partial charge in [-0.05, 0) is 38.0 Å². The van der Waals surface area contributed by atoms with Crippen molar-refractivity contribution in [2.75, 3.05) is 12.4 Å². The molecule has 0 fully saturated rings. The first-order chi connectivity index (χ1) is 12.7. The normalized spacial score (nSPS) is 11.4. The summed E-state index contributed by atoms with van der Waals surface area (Å²) in [7, 11) is -3.46. The Morgan fingerprint density at radius 2 is 2.00 bits per heavy atom. The second-order valence-corrected chi connectivity index (χ2v) is 8.61. The molecule has 0 amide bonds. The third-order valence-electron chi connectivity index (χ3n) is 4.23. The Kier molecular flexibility index (Phi) is 6.49. The molecule has 0 bridgehead atoms. The van der Waals surface area contributed by atoms with E-state index in [1.807, 2.05) is 6.92 Å². The number of ketones is 1. The monoisotopic (exact) mass is 410 g/mol. The number of carbonyl (C=O) groups is 1. The Bertz CT molecular complexity index is 994. The number of hydrogen-bond donors (Lipinski definition) is 0. The molecule has 0 radical (unpaired) electrons. The highest BCUT2D eigenvalue weighted by Gasteiger charge is 2.27. The molecule has 1 aromatic carbocycles. The number of ether oxygens (including phenoxy) is 1. The van der Waals surface area contributed by atoms with Crippen LogP contribution in [0.3, 0.4) is 0 Å². The van der Waals surface area contributed by atoms with Gasteiger partial charge in [-0.25, -0.2) is 13.1 Å². The number of halogens is 1. The Balaban J connectivity index is 2.62. The van der Waals surface area contributed by atoms with Crippen molar-refractivity contribution in [3.05, 3.63) is 52.2 Å². The Hall–Kier alpha value is -2.12. The molecule has 0 atom stereocenters. The molecule has 27 heavy (non-hydrogen) atoms. The third-order valence-corrected chi connectivity index (χ3v) is 6.73. The zero-order valence-corrected chi connectivity index (χ0v) is 17.4. The number of aromatic nitrogens is 2. The van der Waals surface area contributed by atoms with E-state index < -0.39 is 9.84 Å². The molecule has 146 valence electrons. The summed E-state index contributed by atoms with van der Waals surface area (Å²) in [6.07, 6.45) is 3.01. The maximum atomic E-state index is 13.1. The molecule has 0 spiro atoms. The molecule has 1 aromatic heterocycles. The fourth-order valence-corrected chi connectivity index (χ4v) is 4.62. The Morgan fingerprint density at radius 1 is 1.33 bits per heavy atom. The second kappa shape index (κ2) is 8.27. The number of aryl methyl sites for hydroxylation is 2. The lowest BCUT2D eigenvalue weighted by atomic mass is 10.0. The second-order valence-electron chi connectivity index (χ2n) is 6.02. The minimum atomic E-state index is -3.46. The number of rotatable bonds is 8. The molecule has 0 N–H and O–H groups in total. The highest BCUT2D eigenvalue weighted by Crippen LogP contribution is 2.33. The minimum Gasteiger partial charge on any atom is -0.473 e. The molecular formula is C19H23ClN2O4S. The predicted octanol–water partition coefficient (Wildman–Crippen LogP) is 3.76. The van der Waals surface area contributed by atoms with Crippen LogP contribution in [0, 0.1) is 13.8 Å². The minimum absolute atomic E-state index is 0.0406. The summed E-state index contributed by atoms with van der Waals surface area (Å²) in [5.41, 5.74) is 1.35. The van der Waals surface area contributed by atoms with Crippen LogP contribution in [-0.4, -0.2) is 36.3 Å². The molecule has 0 saturated carbocycles. The van der Waals surface area contributed by atoms with Gasteiger partial charge in [0.2, 0.25) is 11.7 Å². The SMILES string of the molecule is C=CCOc1c(C(=O)c2cc(C)c(S(=O)(=O)CC)c(C)c2Cl)cnn1CC. The van der Waals surface area contributed by atoms with Crippen molar-refractivity contribution in [1.29, 1.82) is 0 Å². The lowest BCUT2D eigenvalue weighted by Gasteiger charge is -2.15. The number of sulfone groups is 1. The van der Waals surface area contributed by atoms with E-state index in [1.54, 1.807) is 31.5 Å². The quantitative estimate of drug-likeness (QED) is 0.489. The molecule has 1 heterocycles. The first-order valence-electron chi connectivity index (χ1n) is 8.56. The van der Waals surface area contributed by atoms with Gasteiger partial charge in [0, 0.05) is 12.1 Å². The van der Waals surface area contributed by atoms with Crippen LogP contribution in [-0.2, 0) is 16.4 Å². The average molecular weight is 411 g/mol. The summed E-state index contributed by atoms with van der Waals surface area (Å²) < 4.78 is 31.9. The van der Waals surface area contributed by atoms with E-state index >= 15 is 0 Å². The Labute approximate surface area is 164 Å². The van der Waals surface area contributed by atoms with Crippen LogP contribution in [0.25, 0.3) is 0 Å². The van der Waals surface area contributed by atoms with Crippen LogP contribution in [0.15, 0.2) is 29.8 Å². The van der Waals surface area contributed by atoms with Crippen molar-refractivity contribution in [1.82, 2.24) is 9.78 Å².